The largest absolute Gasteiger partial charge is 0.369 e. The maximum absolute atomic E-state index is 14.1. The number of rotatable bonds is 2. The van der Waals surface area contributed by atoms with Crippen molar-refractivity contribution in [2.24, 2.45) is 5.92 Å². The molecule has 1 fully saturated rings. The number of nitrogens with one attached hydrogen (secondary N) is 1. The minimum Gasteiger partial charge on any atom is -0.369 e. The third-order valence-electron chi connectivity index (χ3n) is 3.99. The van der Waals surface area contributed by atoms with E-state index < -0.39 is 17.5 Å². The molecule has 100 valence electrons. The van der Waals surface area contributed by atoms with Gasteiger partial charge in [-0.05, 0) is 24.5 Å². The highest BCUT2D eigenvalue weighted by Gasteiger charge is 2.31. The summed E-state index contributed by atoms with van der Waals surface area (Å²) in [5.41, 5.74) is 1.04. The van der Waals surface area contributed by atoms with Crippen LogP contribution in [0, 0.1) is 11.7 Å². The second-order valence-corrected chi connectivity index (χ2v) is 5.14. The number of anilines is 2. The average Bonchev–Trinajstić information content (AvgIpc) is 2.96. The minimum atomic E-state index is -0.681. The Kier molecular flexibility index (Phi) is 2.77. The molecule has 2 aliphatic rings. The van der Waals surface area contributed by atoms with Gasteiger partial charge in [-0.3, -0.25) is 9.59 Å². The van der Waals surface area contributed by atoms with E-state index in [1.807, 2.05) is 4.90 Å². The molecule has 0 aromatic heterocycles. The average molecular weight is 262 g/mol. The zero-order valence-electron chi connectivity index (χ0n) is 10.7. The van der Waals surface area contributed by atoms with E-state index in [0.29, 0.717) is 17.3 Å². The predicted octanol–water partition coefficient (Wildman–Crippen LogP) is 2.20. The second kappa shape index (κ2) is 4.33. The van der Waals surface area contributed by atoms with Crippen molar-refractivity contribution < 1.29 is 14.0 Å². The SMILES string of the molecule is CCC1CCN(c2cc3c(cc2F)C(=O)C(=O)N3)C1. The number of hydrogen-bond acceptors (Lipinski definition) is 3. The number of carbonyl (C=O) groups excluding carboxylic acids is 2. The van der Waals surface area contributed by atoms with Gasteiger partial charge in [0.1, 0.15) is 5.82 Å². The molecule has 19 heavy (non-hydrogen) atoms. The standard InChI is InChI=1S/C14H15FN2O2/c1-2-8-3-4-17(7-8)12-6-11-9(5-10(12)15)13(18)14(19)16-11/h5-6,8H,2-4,7H2,1H3,(H,16,18,19). The Morgan fingerprint density at radius 1 is 1.42 bits per heavy atom. The molecule has 1 saturated heterocycles. The fourth-order valence-electron chi connectivity index (χ4n) is 2.78. The van der Waals surface area contributed by atoms with Gasteiger partial charge in [0.15, 0.2) is 0 Å². The molecular weight excluding hydrogens is 247 g/mol. The Balaban J connectivity index is 1.95. The van der Waals surface area contributed by atoms with Gasteiger partial charge in [0.25, 0.3) is 11.7 Å². The van der Waals surface area contributed by atoms with Crippen molar-refractivity contribution in [2.75, 3.05) is 23.3 Å². The number of nitrogens with zero attached hydrogens (tertiary/aromatic N) is 1. The summed E-state index contributed by atoms with van der Waals surface area (Å²) in [4.78, 5) is 24.7. The van der Waals surface area contributed by atoms with Gasteiger partial charge < -0.3 is 10.2 Å². The van der Waals surface area contributed by atoms with E-state index in [-0.39, 0.29) is 5.56 Å². The molecule has 0 saturated carbocycles. The highest BCUT2D eigenvalue weighted by molar-refractivity contribution is 6.51. The summed E-state index contributed by atoms with van der Waals surface area (Å²) in [6.07, 6.45) is 2.14. The molecule has 0 spiro atoms. The molecule has 2 aliphatic heterocycles. The first kappa shape index (κ1) is 12.1. The first-order valence-electron chi connectivity index (χ1n) is 6.54. The van der Waals surface area contributed by atoms with Crippen LogP contribution in [0.15, 0.2) is 12.1 Å². The Bertz CT molecular complexity index is 571. The Labute approximate surface area is 110 Å². The first-order valence-corrected chi connectivity index (χ1v) is 6.54. The zero-order valence-corrected chi connectivity index (χ0v) is 10.7. The van der Waals surface area contributed by atoms with Gasteiger partial charge in [-0.15, -0.1) is 0 Å². The van der Waals surface area contributed by atoms with E-state index in [2.05, 4.69) is 12.2 Å². The molecule has 2 heterocycles. The maximum Gasteiger partial charge on any atom is 0.296 e. The summed E-state index contributed by atoms with van der Waals surface area (Å²) in [5, 5.41) is 2.48. The summed E-state index contributed by atoms with van der Waals surface area (Å²) < 4.78 is 14.1. The van der Waals surface area contributed by atoms with Gasteiger partial charge >= 0.3 is 0 Å². The summed E-state index contributed by atoms with van der Waals surface area (Å²) in [5.74, 6) is -1.18. The Morgan fingerprint density at radius 3 is 2.89 bits per heavy atom. The van der Waals surface area contributed by atoms with Gasteiger partial charge in [-0.25, -0.2) is 4.39 Å². The summed E-state index contributed by atoms with van der Waals surface area (Å²) >= 11 is 0. The van der Waals surface area contributed by atoms with Crippen molar-refractivity contribution >= 4 is 23.1 Å². The number of ketones is 1. The van der Waals surface area contributed by atoms with Crippen LogP contribution in [-0.2, 0) is 4.79 Å². The number of carbonyl (C=O) groups is 2. The van der Waals surface area contributed by atoms with E-state index in [1.165, 1.54) is 6.07 Å². The van der Waals surface area contributed by atoms with Crippen LogP contribution in [0.2, 0.25) is 0 Å². The van der Waals surface area contributed by atoms with Gasteiger partial charge in [-0.1, -0.05) is 13.3 Å². The van der Waals surface area contributed by atoms with E-state index in [9.17, 15) is 14.0 Å². The van der Waals surface area contributed by atoms with Gasteiger partial charge in [-0.2, -0.15) is 0 Å². The summed E-state index contributed by atoms with van der Waals surface area (Å²) in [7, 11) is 0. The molecule has 4 nitrogen and oxygen atoms in total. The highest BCUT2D eigenvalue weighted by Crippen LogP contribution is 2.34. The van der Waals surface area contributed by atoms with Crippen LogP contribution in [0.1, 0.15) is 30.1 Å². The van der Waals surface area contributed by atoms with Crippen molar-refractivity contribution in [3.63, 3.8) is 0 Å². The van der Waals surface area contributed by atoms with E-state index in [1.54, 1.807) is 6.07 Å². The molecule has 0 radical (unpaired) electrons. The lowest BCUT2D eigenvalue weighted by atomic mass is 10.1. The summed E-state index contributed by atoms with van der Waals surface area (Å²) in [6, 6.07) is 2.75. The molecule has 0 bridgehead atoms. The van der Waals surface area contributed by atoms with Gasteiger partial charge in [0, 0.05) is 13.1 Å². The number of amides is 1. The van der Waals surface area contributed by atoms with Crippen LogP contribution in [0.3, 0.4) is 0 Å². The number of benzene rings is 1. The predicted molar refractivity (Wildman–Crippen MR) is 70.0 cm³/mol. The quantitative estimate of drug-likeness (QED) is 0.831. The van der Waals surface area contributed by atoms with Crippen LogP contribution in [0.4, 0.5) is 15.8 Å². The lowest BCUT2D eigenvalue weighted by Gasteiger charge is -2.20. The molecule has 1 aromatic carbocycles. The molecule has 1 atom stereocenters. The number of Topliss-reactive ketones (excluding diaryl/α,β-unsaturated/α-hetero) is 1. The third-order valence-corrected chi connectivity index (χ3v) is 3.99. The molecule has 5 heteroatoms. The highest BCUT2D eigenvalue weighted by atomic mass is 19.1. The Morgan fingerprint density at radius 2 is 2.21 bits per heavy atom. The van der Waals surface area contributed by atoms with E-state index >= 15 is 0 Å². The topological polar surface area (TPSA) is 49.4 Å². The zero-order chi connectivity index (χ0) is 13.6. The molecule has 1 aromatic rings. The lowest BCUT2D eigenvalue weighted by molar-refractivity contribution is -0.112. The maximum atomic E-state index is 14.1. The minimum absolute atomic E-state index is 0.137. The van der Waals surface area contributed by atoms with E-state index in [0.717, 1.165) is 25.9 Å². The Hall–Kier alpha value is -1.91. The molecule has 1 N–H and O–H groups in total. The van der Waals surface area contributed by atoms with Crippen LogP contribution < -0.4 is 10.2 Å². The van der Waals surface area contributed by atoms with Crippen molar-refractivity contribution in [1.29, 1.82) is 0 Å². The van der Waals surface area contributed by atoms with Gasteiger partial charge in [0.05, 0.1) is 16.9 Å². The second-order valence-electron chi connectivity index (χ2n) is 5.14. The van der Waals surface area contributed by atoms with Crippen molar-refractivity contribution in [3.8, 4) is 0 Å². The molecule has 1 amide bonds. The van der Waals surface area contributed by atoms with Crippen molar-refractivity contribution in [2.45, 2.75) is 19.8 Å². The van der Waals surface area contributed by atoms with Gasteiger partial charge in [0.2, 0.25) is 0 Å². The van der Waals surface area contributed by atoms with Crippen molar-refractivity contribution in [1.82, 2.24) is 0 Å². The lowest BCUT2D eigenvalue weighted by Crippen LogP contribution is -2.20. The van der Waals surface area contributed by atoms with Crippen LogP contribution in [-0.4, -0.2) is 24.8 Å². The number of halogens is 1. The normalized spacial score (nSPS) is 21.8. The molecule has 0 aliphatic carbocycles. The molecular formula is C14H15FN2O2. The number of fused-ring (bicyclic) bond motifs is 1. The molecule has 3 rings (SSSR count). The number of hydrogen-bond donors (Lipinski definition) is 1. The van der Waals surface area contributed by atoms with E-state index in [4.69, 9.17) is 0 Å². The van der Waals surface area contributed by atoms with Crippen LogP contribution in [0.25, 0.3) is 0 Å². The first-order chi connectivity index (χ1) is 9.10. The fraction of sp³-hybridized carbons (Fsp3) is 0.429. The van der Waals surface area contributed by atoms with Crippen LogP contribution >= 0.6 is 0 Å². The molecule has 1 unspecified atom stereocenters. The van der Waals surface area contributed by atoms with Crippen LogP contribution in [0.5, 0.6) is 0 Å². The third kappa shape index (κ3) is 1.89. The summed E-state index contributed by atoms with van der Waals surface area (Å²) in [6.45, 7) is 3.77. The smallest absolute Gasteiger partial charge is 0.296 e. The monoisotopic (exact) mass is 262 g/mol. The van der Waals surface area contributed by atoms with Crippen molar-refractivity contribution in [3.05, 3.63) is 23.5 Å². The fourth-order valence-corrected chi connectivity index (χ4v) is 2.78.